The van der Waals surface area contributed by atoms with Crippen LogP contribution in [-0.4, -0.2) is 53.6 Å². The van der Waals surface area contributed by atoms with Crippen LogP contribution in [0.5, 0.6) is 0 Å². The molecule has 8 nitrogen and oxygen atoms in total. The Hall–Kier alpha value is -3.05. The molecule has 0 radical (unpaired) electrons. The molecule has 5 atom stereocenters. The predicted octanol–water partition coefficient (Wildman–Crippen LogP) is 4.05. The van der Waals surface area contributed by atoms with Crippen LogP contribution in [0.1, 0.15) is 56.9 Å². The van der Waals surface area contributed by atoms with Crippen molar-refractivity contribution in [2.24, 2.45) is 17.8 Å². The third-order valence-electron chi connectivity index (χ3n) is 8.35. The third kappa shape index (κ3) is 5.77. The van der Waals surface area contributed by atoms with Crippen LogP contribution in [0, 0.1) is 29.1 Å². The first-order chi connectivity index (χ1) is 17.9. The van der Waals surface area contributed by atoms with Crippen LogP contribution in [-0.2, 0) is 14.3 Å². The highest BCUT2D eigenvalue weighted by Gasteiger charge is 2.53. The van der Waals surface area contributed by atoms with Crippen molar-refractivity contribution in [3.63, 3.8) is 0 Å². The van der Waals surface area contributed by atoms with Gasteiger partial charge in [0.25, 0.3) is 0 Å². The molecule has 1 aromatic rings. The van der Waals surface area contributed by atoms with E-state index in [1.165, 1.54) is 0 Å². The van der Waals surface area contributed by atoms with E-state index in [9.17, 15) is 19.6 Å². The molecule has 1 spiro atoms. The molecule has 2 saturated heterocycles. The molecule has 5 rings (SSSR count). The maximum absolute atomic E-state index is 13.5. The number of benzene rings is 1. The van der Waals surface area contributed by atoms with Gasteiger partial charge in [-0.15, -0.1) is 0 Å². The maximum atomic E-state index is 13.5. The van der Waals surface area contributed by atoms with E-state index in [4.69, 9.17) is 16.3 Å². The maximum Gasteiger partial charge on any atom is 0.410 e. The Morgan fingerprint density at radius 3 is 2.86 bits per heavy atom. The van der Waals surface area contributed by atoms with E-state index in [0.29, 0.717) is 11.6 Å². The van der Waals surface area contributed by atoms with Crippen molar-refractivity contribution in [1.29, 1.82) is 5.26 Å². The van der Waals surface area contributed by atoms with E-state index >= 15 is 0 Å². The van der Waals surface area contributed by atoms with E-state index in [0.717, 1.165) is 50.5 Å². The standard InChI is InChI=1S/C28H33ClN4O4/c29-21-8-3-5-18(13-21)6-4-12-37-27(36)33-17-19-7-1-2-9-23(19)24(33)26(35)31-22(16-30)14-20-15-28(10-11-28)32-25(20)34/h3-6,8,13,19-20,22-24H,1-2,7,9-12,14-15,17H2,(H,31,35)(H,32,34)/b6-4+/t19-,20+,22-,23-,24-/m0/s1. The summed E-state index contributed by atoms with van der Waals surface area (Å²) in [5.41, 5.74) is 0.827. The van der Waals surface area contributed by atoms with E-state index in [-0.39, 0.29) is 48.1 Å². The Morgan fingerprint density at radius 2 is 2.14 bits per heavy atom. The van der Waals surface area contributed by atoms with Gasteiger partial charge in [-0.2, -0.15) is 5.26 Å². The number of halogens is 1. The summed E-state index contributed by atoms with van der Waals surface area (Å²) < 4.78 is 5.52. The normalized spacial score (nSPS) is 28.4. The number of ether oxygens (including phenoxy) is 1. The third-order valence-corrected chi connectivity index (χ3v) is 8.58. The highest BCUT2D eigenvalue weighted by molar-refractivity contribution is 6.30. The summed E-state index contributed by atoms with van der Waals surface area (Å²) in [7, 11) is 0. The number of carbonyl (C=O) groups is 3. The lowest BCUT2D eigenvalue weighted by atomic mass is 9.78. The van der Waals surface area contributed by atoms with Crippen LogP contribution in [0.25, 0.3) is 6.08 Å². The summed E-state index contributed by atoms with van der Waals surface area (Å²) >= 11 is 6.01. The first-order valence-electron chi connectivity index (χ1n) is 13.2. The molecule has 3 amide bonds. The van der Waals surface area contributed by atoms with E-state index < -0.39 is 18.2 Å². The Labute approximate surface area is 222 Å². The van der Waals surface area contributed by atoms with Crippen molar-refractivity contribution in [3.8, 4) is 6.07 Å². The lowest BCUT2D eigenvalue weighted by Gasteiger charge is -2.30. The zero-order valence-electron chi connectivity index (χ0n) is 20.8. The molecule has 196 valence electrons. The first kappa shape index (κ1) is 25.6. The fourth-order valence-electron chi connectivity index (χ4n) is 6.33. The zero-order chi connectivity index (χ0) is 26.0. The van der Waals surface area contributed by atoms with Crippen molar-refractivity contribution in [2.45, 2.75) is 69.0 Å². The molecule has 1 aromatic carbocycles. The SMILES string of the molecule is N#C[C@H](C[C@@H]1CC2(CC2)NC1=O)NC(=O)[C@@H]1[C@H]2CCCC[C@H]2CN1C(=O)OC/C=C/c1cccc(Cl)c1. The van der Waals surface area contributed by atoms with Crippen LogP contribution < -0.4 is 10.6 Å². The van der Waals surface area contributed by atoms with Gasteiger partial charge in [0.05, 0.1) is 6.07 Å². The average Bonchev–Trinajstić information content (AvgIpc) is 3.40. The second-order valence-corrected chi connectivity index (χ2v) is 11.4. The van der Waals surface area contributed by atoms with Crippen molar-refractivity contribution in [1.82, 2.24) is 15.5 Å². The molecule has 2 aliphatic heterocycles. The van der Waals surface area contributed by atoms with Crippen molar-refractivity contribution >= 4 is 35.6 Å². The predicted molar refractivity (Wildman–Crippen MR) is 138 cm³/mol. The number of nitriles is 1. The van der Waals surface area contributed by atoms with Crippen LogP contribution in [0.3, 0.4) is 0 Å². The van der Waals surface area contributed by atoms with Gasteiger partial charge in [0.15, 0.2) is 0 Å². The van der Waals surface area contributed by atoms with Crippen LogP contribution in [0.15, 0.2) is 30.3 Å². The van der Waals surface area contributed by atoms with Crippen molar-refractivity contribution in [3.05, 3.63) is 40.9 Å². The largest absolute Gasteiger partial charge is 0.445 e. The molecule has 0 bridgehead atoms. The number of nitrogens with zero attached hydrogens (tertiary/aromatic N) is 2. The molecule has 0 unspecified atom stereocenters. The molecular formula is C28H33ClN4O4. The number of fused-ring (bicyclic) bond motifs is 1. The van der Waals surface area contributed by atoms with Gasteiger partial charge in [-0.25, -0.2) is 4.79 Å². The molecule has 4 aliphatic rings. The molecule has 2 heterocycles. The summed E-state index contributed by atoms with van der Waals surface area (Å²) in [5.74, 6) is -0.337. The number of hydrogen-bond donors (Lipinski definition) is 2. The second-order valence-electron chi connectivity index (χ2n) is 10.9. The van der Waals surface area contributed by atoms with Crippen molar-refractivity contribution < 1.29 is 19.1 Å². The molecule has 2 saturated carbocycles. The van der Waals surface area contributed by atoms with Crippen LogP contribution in [0.4, 0.5) is 4.79 Å². The smallest absolute Gasteiger partial charge is 0.410 e. The topological polar surface area (TPSA) is 112 Å². The molecular weight excluding hydrogens is 492 g/mol. The summed E-state index contributed by atoms with van der Waals surface area (Å²) in [4.78, 5) is 40.5. The Morgan fingerprint density at radius 1 is 1.32 bits per heavy atom. The minimum atomic E-state index is -0.779. The number of hydrogen-bond acceptors (Lipinski definition) is 5. The molecule has 2 aliphatic carbocycles. The number of rotatable bonds is 7. The van der Waals surface area contributed by atoms with Crippen LogP contribution in [0.2, 0.25) is 5.02 Å². The lowest BCUT2D eigenvalue weighted by Crippen LogP contribution is -2.51. The Kier molecular flexibility index (Phi) is 7.43. The number of nitrogens with one attached hydrogen (secondary N) is 2. The summed E-state index contributed by atoms with van der Waals surface area (Å²) in [6, 6.07) is 8.08. The average molecular weight is 525 g/mol. The van der Waals surface area contributed by atoms with Crippen LogP contribution >= 0.6 is 11.6 Å². The minimum Gasteiger partial charge on any atom is -0.445 e. The minimum absolute atomic E-state index is 0.0313. The van der Waals surface area contributed by atoms with Gasteiger partial charge in [0.2, 0.25) is 11.8 Å². The molecule has 37 heavy (non-hydrogen) atoms. The van der Waals surface area contributed by atoms with Gasteiger partial charge in [-0.1, -0.05) is 42.7 Å². The zero-order valence-corrected chi connectivity index (χ0v) is 21.6. The van der Waals surface area contributed by atoms with Gasteiger partial charge in [-0.05, 0) is 74.1 Å². The Balaban J connectivity index is 1.21. The molecule has 0 aromatic heterocycles. The summed E-state index contributed by atoms with van der Waals surface area (Å²) in [5, 5.41) is 16.3. The highest BCUT2D eigenvalue weighted by Crippen LogP contribution is 2.46. The lowest BCUT2D eigenvalue weighted by molar-refractivity contribution is -0.128. The quantitative estimate of drug-likeness (QED) is 0.559. The highest BCUT2D eigenvalue weighted by atomic mass is 35.5. The van der Waals surface area contributed by atoms with E-state index in [1.54, 1.807) is 17.0 Å². The number of likely N-dealkylation sites (tertiary alicyclic amines) is 1. The van der Waals surface area contributed by atoms with Gasteiger partial charge < -0.3 is 15.4 Å². The van der Waals surface area contributed by atoms with Gasteiger partial charge >= 0.3 is 6.09 Å². The molecule has 4 fully saturated rings. The summed E-state index contributed by atoms with van der Waals surface area (Å²) in [6.45, 7) is 0.551. The fourth-order valence-corrected chi connectivity index (χ4v) is 6.53. The number of amides is 3. The van der Waals surface area contributed by atoms with Gasteiger partial charge in [0, 0.05) is 23.0 Å². The first-order valence-corrected chi connectivity index (χ1v) is 13.6. The fraction of sp³-hybridized carbons (Fsp3) is 0.571. The van der Waals surface area contributed by atoms with E-state index in [1.807, 2.05) is 24.3 Å². The van der Waals surface area contributed by atoms with Crippen molar-refractivity contribution in [2.75, 3.05) is 13.2 Å². The second kappa shape index (κ2) is 10.7. The summed E-state index contributed by atoms with van der Waals surface area (Å²) in [6.07, 6.45) is 9.95. The molecule has 2 N–H and O–H groups in total. The van der Waals surface area contributed by atoms with Gasteiger partial charge in [0.1, 0.15) is 18.7 Å². The van der Waals surface area contributed by atoms with E-state index in [2.05, 4.69) is 16.7 Å². The molecule has 9 heteroatoms. The monoisotopic (exact) mass is 524 g/mol. The number of carbonyl (C=O) groups excluding carboxylic acids is 3. The van der Waals surface area contributed by atoms with Gasteiger partial charge in [-0.3, -0.25) is 14.5 Å². The Bertz CT molecular complexity index is 1130.